The lowest BCUT2D eigenvalue weighted by Crippen LogP contribution is -2.32. The molecule has 0 fully saturated rings. The van der Waals surface area contributed by atoms with Gasteiger partial charge < -0.3 is 19.5 Å². The molecule has 0 amide bonds. The highest BCUT2D eigenvalue weighted by Crippen LogP contribution is 2.44. The van der Waals surface area contributed by atoms with E-state index in [9.17, 15) is 9.59 Å². The Balaban J connectivity index is 1.50. The standard InChI is InChI=1S/C33H32ClNO5S/c1-19-17-33(3,4)35-27-14-13-24(26(30(19)27)18-39-32(37)29-15-6-20(2)41-29)25-12-11-23(16-28(25)38-5)40-31(36)21-7-9-22(34)10-8-21/h6-14,16-17,29,35H,15,18H2,1-5H3. The van der Waals surface area contributed by atoms with Gasteiger partial charge in [-0.05, 0) is 92.6 Å². The third-order valence-electron chi connectivity index (χ3n) is 7.06. The molecule has 0 radical (unpaired) electrons. The van der Waals surface area contributed by atoms with Crippen LogP contribution in [0, 0.1) is 0 Å². The second-order valence-electron chi connectivity index (χ2n) is 10.7. The van der Waals surface area contributed by atoms with Crippen molar-refractivity contribution in [2.45, 2.75) is 51.5 Å². The van der Waals surface area contributed by atoms with Crippen LogP contribution in [0.15, 0.2) is 71.7 Å². The molecule has 1 unspecified atom stereocenters. The van der Waals surface area contributed by atoms with Gasteiger partial charge in [-0.1, -0.05) is 29.8 Å². The average molecular weight is 590 g/mol. The molecule has 0 aliphatic carbocycles. The molecule has 0 bridgehead atoms. The fourth-order valence-electron chi connectivity index (χ4n) is 5.28. The highest BCUT2D eigenvalue weighted by Gasteiger charge is 2.29. The van der Waals surface area contributed by atoms with Crippen LogP contribution in [0.25, 0.3) is 16.7 Å². The Morgan fingerprint density at radius 2 is 1.78 bits per heavy atom. The summed E-state index contributed by atoms with van der Waals surface area (Å²) in [6.07, 6.45) is 4.92. The van der Waals surface area contributed by atoms with E-state index in [1.54, 1.807) is 55.3 Å². The molecule has 41 heavy (non-hydrogen) atoms. The topological polar surface area (TPSA) is 73.9 Å². The van der Waals surface area contributed by atoms with Crippen LogP contribution >= 0.6 is 23.4 Å². The fraction of sp³-hybridized carbons (Fsp3) is 0.273. The van der Waals surface area contributed by atoms with Crippen LogP contribution in [-0.2, 0) is 16.1 Å². The van der Waals surface area contributed by atoms with E-state index in [-0.39, 0.29) is 23.4 Å². The van der Waals surface area contributed by atoms with Crippen molar-refractivity contribution in [1.82, 2.24) is 0 Å². The summed E-state index contributed by atoms with van der Waals surface area (Å²) in [4.78, 5) is 26.8. The number of thioether (sulfide) groups is 1. The maximum Gasteiger partial charge on any atom is 0.343 e. The number of esters is 2. The Bertz CT molecular complexity index is 1580. The van der Waals surface area contributed by atoms with Crippen LogP contribution in [0.2, 0.25) is 5.02 Å². The maximum absolute atomic E-state index is 13.0. The van der Waals surface area contributed by atoms with Crippen molar-refractivity contribution in [3.63, 3.8) is 0 Å². The summed E-state index contributed by atoms with van der Waals surface area (Å²) < 4.78 is 17.3. The molecule has 1 N–H and O–H groups in total. The predicted molar refractivity (Wildman–Crippen MR) is 166 cm³/mol. The number of carbonyl (C=O) groups excluding carboxylic acids is 2. The molecule has 2 aliphatic rings. The first-order valence-electron chi connectivity index (χ1n) is 13.3. The van der Waals surface area contributed by atoms with Crippen molar-refractivity contribution in [3.05, 3.63) is 93.4 Å². The highest BCUT2D eigenvalue weighted by atomic mass is 35.5. The molecule has 3 aromatic rings. The normalized spacial score (nSPS) is 17.1. The number of rotatable bonds is 7. The van der Waals surface area contributed by atoms with Crippen molar-refractivity contribution >= 4 is 46.6 Å². The summed E-state index contributed by atoms with van der Waals surface area (Å²) in [5.74, 6) is 0.142. The molecule has 2 aliphatic heterocycles. The van der Waals surface area contributed by atoms with Crippen molar-refractivity contribution in [3.8, 4) is 22.6 Å². The lowest BCUT2D eigenvalue weighted by molar-refractivity contribution is -0.144. The second kappa shape index (κ2) is 11.7. The van der Waals surface area contributed by atoms with Crippen molar-refractivity contribution in [2.24, 2.45) is 0 Å². The number of carbonyl (C=O) groups is 2. The number of allylic oxidation sites excluding steroid dienone is 3. The van der Waals surface area contributed by atoms with Gasteiger partial charge in [0.15, 0.2) is 0 Å². The van der Waals surface area contributed by atoms with Crippen LogP contribution in [0.3, 0.4) is 0 Å². The van der Waals surface area contributed by atoms with E-state index in [0.29, 0.717) is 28.5 Å². The molecule has 2 heterocycles. The summed E-state index contributed by atoms with van der Waals surface area (Å²) >= 11 is 7.49. The van der Waals surface area contributed by atoms with Crippen molar-refractivity contribution < 1.29 is 23.8 Å². The number of ether oxygens (including phenoxy) is 3. The van der Waals surface area contributed by atoms with E-state index in [1.165, 1.54) is 0 Å². The van der Waals surface area contributed by atoms with Gasteiger partial charge in [-0.2, -0.15) is 0 Å². The van der Waals surface area contributed by atoms with E-state index in [4.69, 9.17) is 25.8 Å². The number of halogens is 1. The molecule has 8 heteroatoms. The SMILES string of the molecule is COc1cc(OC(=O)c2ccc(Cl)cc2)ccc1-c1ccc2c(c1COC(=O)C1CC=C(C)S1)C(C)=CC(C)(C)N2. The third-order valence-corrected chi connectivity index (χ3v) is 8.52. The van der Waals surface area contributed by atoms with Gasteiger partial charge in [0, 0.05) is 33.5 Å². The smallest absolute Gasteiger partial charge is 0.343 e. The molecule has 0 spiro atoms. The van der Waals surface area contributed by atoms with Crippen LogP contribution in [-0.4, -0.2) is 29.8 Å². The van der Waals surface area contributed by atoms with Crippen LogP contribution in [0.4, 0.5) is 5.69 Å². The predicted octanol–water partition coefficient (Wildman–Crippen LogP) is 8.29. The molecular formula is C33H32ClNO5S. The molecular weight excluding hydrogens is 558 g/mol. The summed E-state index contributed by atoms with van der Waals surface area (Å²) in [6.45, 7) is 8.43. The Morgan fingerprint density at radius 1 is 1.05 bits per heavy atom. The van der Waals surface area contributed by atoms with E-state index in [1.807, 2.05) is 25.1 Å². The number of nitrogens with one attached hydrogen (secondary N) is 1. The van der Waals surface area contributed by atoms with Gasteiger partial charge >= 0.3 is 11.9 Å². The first kappa shape index (κ1) is 28.8. The summed E-state index contributed by atoms with van der Waals surface area (Å²) in [6, 6.07) is 15.8. The van der Waals surface area contributed by atoms with E-state index < -0.39 is 5.97 Å². The van der Waals surface area contributed by atoms with Gasteiger partial charge in [-0.25, -0.2) is 4.79 Å². The zero-order valence-corrected chi connectivity index (χ0v) is 25.2. The second-order valence-corrected chi connectivity index (χ2v) is 12.6. The number of hydrogen-bond acceptors (Lipinski definition) is 7. The first-order valence-corrected chi connectivity index (χ1v) is 14.6. The Morgan fingerprint density at radius 3 is 2.46 bits per heavy atom. The lowest BCUT2D eigenvalue weighted by Gasteiger charge is -2.33. The minimum atomic E-state index is -0.498. The number of methoxy groups -OCH3 is 1. The maximum atomic E-state index is 13.0. The zero-order valence-electron chi connectivity index (χ0n) is 23.7. The lowest BCUT2D eigenvalue weighted by atomic mass is 9.85. The van der Waals surface area contributed by atoms with E-state index >= 15 is 0 Å². The van der Waals surface area contributed by atoms with Gasteiger partial charge in [-0.15, -0.1) is 11.8 Å². The van der Waals surface area contributed by atoms with Gasteiger partial charge in [0.25, 0.3) is 0 Å². The molecule has 6 nitrogen and oxygen atoms in total. The largest absolute Gasteiger partial charge is 0.496 e. The van der Waals surface area contributed by atoms with E-state index in [2.05, 4.69) is 38.2 Å². The molecule has 1 atom stereocenters. The molecule has 5 rings (SSSR count). The quantitative estimate of drug-likeness (QED) is 0.219. The molecule has 0 saturated carbocycles. The summed E-state index contributed by atoms with van der Waals surface area (Å²) in [7, 11) is 1.57. The number of benzene rings is 3. The number of fused-ring (bicyclic) bond motifs is 1. The molecule has 0 saturated heterocycles. The monoisotopic (exact) mass is 589 g/mol. The Hall–Kier alpha value is -3.68. The Labute approximate surface area is 249 Å². The van der Waals surface area contributed by atoms with E-state index in [0.717, 1.165) is 38.4 Å². The van der Waals surface area contributed by atoms with Crippen molar-refractivity contribution in [2.75, 3.05) is 12.4 Å². The number of hydrogen-bond donors (Lipinski definition) is 1. The summed E-state index contributed by atoms with van der Waals surface area (Å²) in [5, 5.41) is 3.90. The van der Waals surface area contributed by atoms with Gasteiger partial charge in [-0.3, -0.25) is 4.79 Å². The van der Waals surface area contributed by atoms with Crippen molar-refractivity contribution in [1.29, 1.82) is 0 Å². The minimum absolute atomic E-state index is 0.108. The van der Waals surface area contributed by atoms with Gasteiger partial charge in [0.2, 0.25) is 0 Å². The first-order chi connectivity index (χ1) is 19.5. The molecule has 212 valence electrons. The Kier molecular flexibility index (Phi) is 8.20. The minimum Gasteiger partial charge on any atom is -0.496 e. The van der Waals surface area contributed by atoms with Gasteiger partial charge in [0.05, 0.1) is 18.2 Å². The summed E-state index contributed by atoms with van der Waals surface area (Å²) in [5.41, 5.74) is 5.78. The van der Waals surface area contributed by atoms with Gasteiger partial charge in [0.1, 0.15) is 23.4 Å². The van der Waals surface area contributed by atoms with Crippen LogP contribution < -0.4 is 14.8 Å². The highest BCUT2D eigenvalue weighted by molar-refractivity contribution is 8.04. The zero-order chi connectivity index (χ0) is 29.3. The third kappa shape index (κ3) is 6.31. The van der Waals surface area contributed by atoms with Crippen LogP contribution in [0.5, 0.6) is 11.5 Å². The number of anilines is 1. The molecule has 0 aromatic heterocycles. The molecule has 3 aromatic carbocycles. The fourth-order valence-corrected chi connectivity index (χ4v) is 6.41. The van der Waals surface area contributed by atoms with Crippen LogP contribution in [0.1, 0.15) is 55.6 Å². The average Bonchev–Trinajstić information content (AvgIpc) is 3.37.